The summed E-state index contributed by atoms with van der Waals surface area (Å²) in [5.41, 5.74) is 2.72. The summed E-state index contributed by atoms with van der Waals surface area (Å²) in [4.78, 5) is 24.0. The number of anilines is 2. The summed E-state index contributed by atoms with van der Waals surface area (Å²) in [5, 5.41) is 16.0. The number of hydrogen-bond acceptors (Lipinski definition) is 6. The molecule has 1 aliphatic rings. The molecule has 3 heterocycles. The lowest BCUT2D eigenvalue weighted by Gasteiger charge is -2.12. The van der Waals surface area contributed by atoms with E-state index in [-0.39, 0.29) is 22.9 Å². The number of pyridine rings is 1. The molecular weight excluding hydrogens is 449 g/mol. The average molecular weight is 466 g/mol. The van der Waals surface area contributed by atoms with Crippen LogP contribution < -0.4 is 5.32 Å². The van der Waals surface area contributed by atoms with Crippen molar-refractivity contribution in [2.75, 3.05) is 5.32 Å². The van der Waals surface area contributed by atoms with Gasteiger partial charge in [-0.2, -0.15) is 23.3 Å². The number of nitrogens with one attached hydrogen (secondary N) is 1. The highest BCUT2D eigenvalue weighted by molar-refractivity contribution is 5.89. The number of fused-ring (bicyclic) bond motifs is 1. The van der Waals surface area contributed by atoms with Crippen molar-refractivity contribution in [2.45, 2.75) is 25.4 Å². The van der Waals surface area contributed by atoms with Crippen LogP contribution in [0.3, 0.4) is 0 Å². The van der Waals surface area contributed by atoms with Gasteiger partial charge in [-0.3, -0.25) is 4.98 Å². The highest BCUT2D eigenvalue weighted by Gasteiger charge is 2.34. The maximum atomic E-state index is 13.2. The van der Waals surface area contributed by atoms with Crippen molar-refractivity contribution in [1.82, 2.24) is 24.7 Å². The van der Waals surface area contributed by atoms with E-state index in [1.54, 1.807) is 0 Å². The number of aromatic nitrogens is 5. The molecule has 1 aromatic carbocycles. The molecule has 34 heavy (non-hydrogen) atoms. The molecule has 0 amide bonds. The Morgan fingerprint density at radius 3 is 2.65 bits per heavy atom. The fourth-order valence-corrected chi connectivity index (χ4v) is 3.89. The minimum Gasteiger partial charge on any atom is -0.478 e. The normalized spacial score (nSPS) is 13.0. The van der Waals surface area contributed by atoms with Crippen molar-refractivity contribution in [3.63, 3.8) is 0 Å². The van der Waals surface area contributed by atoms with E-state index in [2.05, 4.69) is 25.4 Å². The summed E-state index contributed by atoms with van der Waals surface area (Å²) in [6.45, 7) is 0. The first kappa shape index (κ1) is 21.6. The average Bonchev–Trinajstić information content (AvgIpc) is 3.48. The highest BCUT2D eigenvalue weighted by Crippen LogP contribution is 2.31. The van der Waals surface area contributed by atoms with E-state index < -0.39 is 17.8 Å². The van der Waals surface area contributed by atoms with Gasteiger partial charge >= 0.3 is 12.1 Å². The van der Waals surface area contributed by atoms with E-state index in [1.807, 2.05) is 18.2 Å². The van der Waals surface area contributed by atoms with Crippen molar-refractivity contribution >= 4 is 17.6 Å². The van der Waals surface area contributed by atoms with Gasteiger partial charge in [0.2, 0.25) is 5.95 Å². The van der Waals surface area contributed by atoms with E-state index in [4.69, 9.17) is 0 Å². The number of carbonyl (C=O) groups is 1. The zero-order valence-electron chi connectivity index (χ0n) is 17.5. The lowest BCUT2D eigenvalue weighted by Crippen LogP contribution is -2.10. The van der Waals surface area contributed by atoms with Gasteiger partial charge in [0.25, 0.3) is 0 Å². The van der Waals surface area contributed by atoms with Gasteiger partial charge in [0, 0.05) is 41.6 Å². The van der Waals surface area contributed by atoms with E-state index in [0.29, 0.717) is 5.56 Å². The molecular formula is C23H17F3N6O2. The zero-order chi connectivity index (χ0) is 23.9. The first-order valence-electron chi connectivity index (χ1n) is 10.4. The third-order valence-corrected chi connectivity index (χ3v) is 5.52. The minimum absolute atomic E-state index is 0.0403. The monoisotopic (exact) mass is 466 g/mol. The summed E-state index contributed by atoms with van der Waals surface area (Å²) in [5.74, 6) is -0.994. The SMILES string of the molecule is O=C(O)c1cncc(-c2cnc(Nc3ccc4c(c3)CCC4)nc2-n2ccc(C(F)(F)F)n2)c1. The Morgan fingerprint density at radius 1 is 1.06 bits per heavy atom. The summed E-state index contributed by atoms with van der Waals surface area (Å²) in [6, 6.07) is 8.13. The Morgan fingerprint density at radius 2 is 1.88 bits per heavy atom. The first-order chi connectivity index (χ1) is 16.3. The van der Waals surface area contributed by atoms with Gasteiger partial charge in [-0.15, -0.1) is 0 Å². The minimum atomic E-state index is -4.63. The Kier molecular flexibility index (Phi) is 5.23. The fourth-order valence-electron chi connectivity index (χ4n) is 3.89. The molecule has 2 N–H and O–H groups in total. The van der Waals surface area contributed by atoms with Gasteiger partial charge < -0.3 is 10.4 Å². The van der Waals surface area contributed by atoms with Crippen LogP contribution in [0.25, 0.3) is 16.9 Å². The fraction of sp³-hybridized carbons (Fsp3) is 0.174. The number of carboxylic acids is 1. The van der Waals surface area contributed by atoms with E-state index in [1.165, 1.54) is 35.8 Å². The quantitative estimate of drug-likeness (QED) is 0.440. The predicted molar refractivity (Wildman–Crippen MR) is 116 cm³/mol. The molecule has 0 unspecified atom stereocenters. The van der Waals surface area contributed by atoms with Crippen molar-refractivity contribution in [3.05, 3.63) is 77.5 Å². The number of nitrogens with zero attached hydrogens (tertiary/aromatic N) is 5. The topological polar surface area (TPSA) is 106 Å². The number of alkyl halides is 3. The smallest absolute Gasteiger partial charge is 0.435 e. The molecule has 8 nitrogen and oxygen atoms in total. The lowest BCUT2D eigenvalue weighted by molar-refractivity contribution is -0.141. The van der Waals surface area contributed by atoms with E-state index in [9.17, 15) is 23.1 Å². The summed E-state index contributed by atoms with van der Waals surface area (Å²) in [6.07, 6.45) is 3.58. The number of rotatable bonds is 5. The second kappa shape index (κ2) is 8.25. The van der Waals surface area contributed by atoms with Gasteiger partial charge in [0.15, 0.2) is 11.5 Å². The molecule has 0 aliphatic heterocycles. The van der Waals surface area contributed by atoms with Crippen molar-refractivity contribution < 1.29 is 23.1 Å². The number of benzene rings is 1. The Balaban J connectivity index is 1.58. The Labute approximate surface area is 191 Å². The number of aromatic carboxylic acids is 1. The van der Waals surface area contributed by atoms with Crippen LogP contribution in [-0.2, 0) is 19.0 Å². The largest absolute Gasteiger partial charge is 0.478 e. The standard InChI is InChI=1S/C23H17F3N6O2/c24-23(25,26)19-6-7-32(31-19)20-18(15-8-16(21(33)34)11-27-10-15)12-28-22(30-20)29-17-5-4-13-2-1-3-14(13)9-17/h4-12H,1-3H2,(H,33,34)(H,28,29,30). The lowest BCUT2D eigenvalue weighted by atomic mass is 10.1. The van der Waals surface area contributed by atoms with E-state index >= 15 is 0 Å². The molecule has 11 heteroatoms. The molecule has 0 atom stereocenters. The van der Waals surface area contributed by atoms with E-state index in [0.717, 1.165) is 41.9 Å². The third-order valence-electron chi connectivity index (χ3n) is 5.52. The van der Waals surface area contributed by atoms with Gasteiger partial charge in [-0.05, 0) is 54.7 Å². The second-order valence-corrected chi connectivity index (χ2v) is 7.80. The molecule has 3 aromatic heterocycles. The molecule has 172 valence electrons. The molecule has 0 bridgehead atoms. The number of aryl methyl sites for hydroxylation is 2. The molecule has 4 aromatic rings. The molecule has 0 radical (unpaired) electrons. The Hall–Kier alpha value is -4.28. The Bertz CT molecular complexity index is 1400. The highest BCUT2D eigenvalue weighted by atomic mass is 19.4. The molecule has 0 saturated heterocycles. The van der Waals surface area contributed by atoms with Gasteiger partial charge in [-0.1, -0.05) is 6.07 Å². The maximum Gasteiger partial charge on any atom is 0.435 e. The van der Waals surface area contributed by atoms with Gasteiger partial charge in [0.1, 0.15) is 0 Å². The van der Waals surface area contributed by atoms with Crippen molar-refractivity contribution in [2.24, 2.45) is 0 Å². The maximum absolute atomic E-state index is 13.2. The van der Waals surface area contributed by atoms with Crippen LogP contribution in [-0.4, -0.2) is 35.8 Å². The van der Waals surface area contributed by atoms with Crippen LogP contribution in [0.1, 0.15) is 33.6 Å². The van der Waals surface area contributed by atoms with Crippen LogP contribution in [0.4, 0.5) is 24.8 Å². The molecule has 0 spiro atoms. The van der Waals surface area contributed by atoms with Gasteiger partial charge in [-0.25, -0.2) is 14.5 Å². The molecule has 1 aliphatic carbocycles. The van der Waals surface area contributed by atoms with Crippen LogP contribution in [0.2, 0.25) is 0 Å². The zero-order valence-corrected chi connectivity index (χ0v) is 17.5. The number of halogens is 3. The molecule has 0 fully saturated rings. The third kappa shape index (κ3) is 4.19. The van der Waals surface area contributed by atoms with Crippen LogP contribution in [0.15, 0.2) is 55.1 Å². The van der Waals surface area contributed by atoms with Gasteiger partial charge in [0.05, 0.1) is 5.56 Å². The van der Waals surface area contributed by atoms with Crippen LogP contribution >= 0.6 is 0 Å². The first-order valence-corrected chi connectivity index (χ1v) is 10.4. The second-order valence-electron chi connectivity index (χ2n) is 7.80. The predicted octanol–water partition coefficient (Wildman–Crippen LogP) is 4.67. The molecule has 0 saturated carbocycles. The number of hydrogen-bond donors (Lipinski definition) is 2. The van der Waals surface area contributed by atoms with Crippen molar-refractivity contribution in [3.8, 4) is 16.9 Å². The summed E-state index contributed by atoms with van der Waals surface area (Å²) >= 11 is 0. The van der Waals surface area contributed by atoms with Crippen molar-refractivity contribution in [1.29, 1.82) is 0 Å². The van der Waals surface area contributed by atoms with Crippen LogP contribution in [0.5, 0.6) is 0 Å². The van der Waals surface area contributed by atoms with Crippen LogP contribution in [0, 0.1) is 0 Å². The number of carboxylic acid groups (broad SMARTS) is 1. The molecule has 5 rings (SSSR count). The summed E-state index contributed by atoms with van der Waals surface area (Å²) < 4.78 is 40.5. The summed E-state index contributed by atoms with van der Waals surface area (Å²) in [7, 11) is 0.